The molecule has 0 spiro atoms. The van der Waals surface area contributed by atoms with E-state index in [1.165, 1.54) is 5.56 Å². The van der Waals surface area contributed by atoms with E-state index in [1.807, 2.05) is 40.0 Å². The summed E-state index contributed by atoms with van der Waals surface area (Å²) in [5, 5.41) is 3.03. The number of nitrogens with one attached hydrogen (secondary N) is 1. The summed E-state index contributed by atoms with van der Waals surface area (Å²) < 4.78 is 26.9. The minimum absolute atomic E-state index is 0.0441. The van der Waals surface area contributed by atoms with Crippen LogP contribution in [0.1, 0.15) is 45.6 Å². The smallest absolute Gasteiger partial charge is 0.251 e. The van der Waals surface area contributed by atoms with Gasteiger partial charge in [-0.15, -0.1) is 0 Å². The Morgan fingerprint density at radius 3 is 2.27 bits per heavy atom. The summed E-state index contributed by atoms with van der Waals surface area (Å²) in [5.74, 6) is -0.214. The van der Waals surface area contributed by atoms with Crippen molar-refractivity contribution >= 4 is 15.9 Å². The summed E-state index contributed by atoms with van der Waals surface area (Å²) in [6.45, 7) is 8.60. The number of hydrogen-bond donors (Lipinski definition) is 1. The number of carbonyl (C=O) groups excluding carboxylic acids is 1. The number of nitrogens with zero attached hydrogens (tertiary/aromatic N) is 2. The van der Waals surface area contributed by atoms with Gasteiger partial charge in [-0.05, 0) is 56.6 Å². The van der Waals surface area contributed by atoms with Crippen LogP contribution in [0.3, 0.4) is 0 Å². The van der Waals surface area contributed by atoms with Gasteiger partial charge in [-0.2, -0.15) is 4.31 Å². The normalized spacial score (nSPS) is 16.9. The zero-order valence-electron chi connectivity index (χ0n) is 18.2. The molecule has 2 aromatic rings. The second-order valence-electron chi connectivity index (χ2n) is 8.21. The van der Waals surface area contributed by atoms with Gasteiger partial charge in [0, 0.05) is 31.7 Å². The summed E-state index contributed by atoms with van der Waals surface area (Å²) in [7, 11) is -1.36. The fourth-order valence-electron chi connectivity index (χ4n) is 3.79. The second kappa shape index (κ2) is 9.29. The van der Waals surface area contributed by atoms with E-state index >= 15 is 0 Å². The number of piperazine rings is 1. The first-order valence-corrected chi connectivity index (χ1v) is 11.9. The molecule has 0 aromatic heterocycles. The van der Waals surface area contributed by atoms with Crippen molar-refractivity contribution in [2.45, 2.75) is 32.6 Å². The SMILES string of the molecule is Cc1ccc([C@@H](C)NC(=O)c2ccc(CS(=O)(=O)N3CCN(C)CC3)cc2)c(C)c1. The predicted molar refractivity (Wildman–Crippen MR) is 120 cm³/mol. The second-order valence-corrected chi connectivity index (χ2v) is 10.2. The van der Waals surface area contributed by atoms with Gasteiger partial charge >= 0.3 is 0 Å². The highest BCUT2D eigenvalue weighted by atomic mass is 32.2. The number of rotatable bonds is 6. The Morgan fingerprint density at radius 2 is 1.67 bits per heavy atom. The first kappa shape index (κ1) is 22.5. The average molecular weight is 430 g/mol. The van der Waals surface area contributed by atoms with Gasteiger partial charge in [0.15, 0.2) is 0 Å². The Balaban J connectivity index is 1.62. The lowest BCUT2D eigenvalue weighted by Gasteiger charge is -2.31. The largest absolute Gasteiger partial charge is 0.346 e. The molecule has 1 N–H and O–H groups in total. The van der Waals surface area contributed by atoms with Gasteiger partial charge < -0.3 is 10.2 Å². The van der Waals surface area contributed by atoms with Crippen molar-refractivity contribution in [2.24, 2.45) is 0 Å². The van der Waals surface area contributed by atoms with E-state index in [0.717, 1.165) is 24.2 Å². The van der Waals surface area contributed by atoms with Crippen LogP contribution in [0.5, 0.6) is 0 Å². The lowest BCUT2D eigenvalue weighted by Crippen LogP contribution is -2.47. The van der Waals surface area contributed by atoms with Gasteiger partial charge in [-0.1, -0.05) is 35.9 Å². The standard InChI is InChI=1S/C23H31N3O3S/c1-17-5-10-22(18(2)15-17)19(3)24-23(27)21-8-6-20(7-9-21)16-30(28,29)26-13-11-25(4)12-14-26/h5-10,15,19H,11-14,16H2,1-4H3,(H,24,27)/t19-/m1/s1. The molecule has 1 aliphatic heterocycles. The fourth-order valence-corrected chi connectivity index (χ4v) is 5.31. The molecule has 1 saturated heterocycles. The molecule has 0 radical (unpaired) electrons. The number of likely N-dealkylation sites (N-methyl/N-ethyl adjacent to an activating group) is 1. The Kier molecular flexibility index (Phi) is 6.95. The van der Waals surface area contributed by atoms with Gasteiger partial charge in [-0.3, -0.25) is 4.79 Å². The molecule has 1 heterocycles. The lowest BCUT2D eigenvalue weighted by molar-refractivity contribution is 0.0940. The van der Waals surface area contributed by atoms with Crippen molar-refractivity contribution in [3.05, 3.63) is 70.3 Å². The van der Waals surface area contributed by atoms with E-state index in [1.54, 1.807) is 28.6 Å². The molecule has 162 valence electrons. The van der Waals surface area contributed by atoms with Crippen molar-refractivity contribution in [3.8, 4) is 0 Å². The number of carbonyl (C=O) groups is 1. The average Bonchev–Trinajstić information content (AvgIpc) is 2.68. The third-order valence-electron chi connectivity index (χ3n) is 5.66. The van der Waals surface area contributed by atoms with Crippen LogP contribution in [-0.2, 0) is 15.8 Å². The van der Waals surface area contributed by atoms with Crippen LogP contribution < -0.4 is 5.32 Å². The third kappa shape index (κ3) is 5.47. The first-order chi connectivity index (χ1) is 14.2. The monoisotopic (exact) mass is 429 g/mol. The van der Waals surface area contributed by atoms with Crippen LogP contribution >= 0.6 is 0 Å². The Hall–Kier alpha value is -2.22. The van der Waals surface area contributed by atoms with Gasteiger partial charge in [0.2, 0.25) is 10.0 Å². The lowest BCUT2D eigenvalue weighted by atomic mass is 10.00. The van der Waals surface area contributed by atoms with Crippen LogP contribution in [-0.4, -0.2) is 56.8 Å². The number of sulfonamides is 1. The molecule has 2 aromatic carbocycles. The number of amides is 1. The Morgan fingerprint density at radius 1 is 1.03 bits per heavy atom. The van der Waals surface area contributed by atoms with E-state index in [4.69, 9.17) is 0 Å². The molecule has 3 rings (SSSR count). The summed E-state index contributed by atoms with van der Waals surface area (Å²) in [6, 6.07) is 12.9. The summed E-state index contributed by atoms with van der Waals surface area (Å²) in [4.78, 5) is 14.8. The molecule has 1 aliphatic rings. The molecule has 30 heavy (non-hydrogen) atoms. The number of aryl methyl sites for hydroxylation is 2. The highest BCUT2D eigenvalue weighted by Crippen LogP contribution is 2.19. The molecule has 0 aliphatic carbocycles. The Labute approximate surface area is 179 Å². The molecular formula is C23H31N3O3S. The van der Waals surface area contributed by atoms with Crippen molar-refractivity contribution < 1.29 is 13.2 Å². The van der Waals surface area contributed by atoms with Crippen molar-refractivity contribution in [3.63, 3.8) is 0 Å². The molecule has 0 saturated carbocycles. The van der Waals surface area contributed by atoms with Crippen LogP contribution in [0.2, 0.25) is 0 Å². The van der Waals surface area contributed by atoms with Gasteiger partial charge in [-0.25, -0.2) is 8.42 Å². The molecule has 1 amide bonds. The molecule has 7 heteroatoms. The van der Waals surface area contributed by atoms with Gasteiger partial charge in [0.05, 0.1) is 11.8 Å². The maximum atomic E-state index is 12.7. The van der Waals surface area contributed by atoms with Crippen LogP contribution in [0.25, 0.3) is 0 Å². The molecular weight excluding hydrogens is 398 g/mol. The zero-order chi connectivity index (χ0) is 21.9. The van der Waals surface area contributed by atoms with E-state index in [2.05, 4.69) is 16.3 Å². The minimum atomic E-state index is -3.35. The van der Waals surface area contributed by atoms with Crippen molar-refractivity contribution in [2.75, 3.05) is 33.2 Å². The molecule has 0 unspecified atom stereocenters. The highest BCUT2D eigenvalue weighted by molar-refractivity contribution is 7.88. The molecule has 0 bridgehead atoms. The maximum absolute atomic E-state index is 12.7. The highest BCUT2D eigenvalue weighted by Gasteiger charge is 2.26. The summed E-state index contributed by atoms with van der Waals surface area (Å²) >= 11 is 0. The van der Waals surface area contributed by atoms with Gasteiger partial charge in [0.25, 0.3) is 5.91 Å². The Bertz CT molecular complexity index is 995. The van der Waals surface area contributed by atoms with Crippen LogP contribution in [0.15, 0.2) is 42.5 Å². The zero-order valence-corrected chi connectivity index (χ0v) is 19.0. The van der Waals surface area contributed by atoms with Crippen LogP contribution in [0, 0.1) is 13.8 Å². The molecule has 1 fully saturated rings. The summed E-state index contributed by atoms with van der Waals surface area (Å²) in [6.07, 6.45) is 0. The van der Waals surface area contributed by atoms with Crippen molar-refractivity contribution in [1.29, 1.82) is 0 Å². The van der Waals surface area contributed by atoms with Crippen LogP contribution in [0.4, 0.5) is 0 Å². The quantitative estimate of drug-likeness (QED) is 0.767. The van der Waals surface area contributed by atoms with E-state index in [0.29, 0.717) is 24.2 Å². The van der Waals surface area contributed by atoms with Crippen molar-refractivity contribution in [1.82, 2.24) is 14.5 Å². The van der Waals surface area contributed by atoms with E-state index in [9.17, 15) is 13.2 Å². The van der Waals surface area contributed by atoms with E-state index < -0.39 is 10.0 Å². The summed E-state index contributed by atoms with van der Waals surface area (Å²) in [5.41, 5.74) is 4.63. The molecule has 1 atom stereocenters. The topological polar surface area (TPSA) is 69.7 Å². The van der Waals surface area contributed by atoms with Gasteiger partial charge in [0.1, 0.15) is 0 Å². The molecule has 6 nitrogen and oxygen atoms in total. The van der Waals surface area contributed by atoms with E-state index in [-0.39, 0.29) is 17.7 Å². The first-order valence-electron chi connectivity index (χ1n) is 10.3. The predicted octanol–water partition coefficient (Wildman–Crippen LogP) is 2.87. The number of hydrogen-bond acceptors (Lipinski definition) is 4. The number of benzene rings is 2. The third-order valence-corrected chi connectivity index (χ3v) is 7.51. The minimum Gasteiger partial charge on any atom is -0.346 e. The maximum Gasteiger partial charge on any atom is 0.251 e. The fraction of sp³-hybridized carbons (Fsp3) is 0.435.